The average Bonchev–Trinajstić information content (AvgIpc) is 2.62. The Labute approximate surface area is 145 Å². The van der Waals surface area contributed by atoms with E-state index in [1.807, 2.05) is 66.7 Å². The van der Waals surface area contributed by atoms with Gasteiger partial charge in [0.1, 0.15) is 6.04 Å². The summed E-state index contributed by atoms with van der Waals surface area (Å²) in [6.07, 6.45) is 0.221. The zero-order chi connectivity index (χ0) is 17.6. The fraction of sp³-hybridized carbons (Fsp3) is 0.100. The zero-order valence-corrected chi connectivity index (χ0v) is 13.5. The van der Waals surface area contributed by atoms with E-state index in [0.29, 0.717) is 5.69 Å². The van der Waals surface area contributed by atoms with E-state index < -0.39 is 18.0 Å². The van der Waals surface area contributed by atoms with Gasteiger partial charge < -0.3 is 15.7 Å². The van der Waals surface area contributed by atoms with Crippen LogP contribution in [-0.2, 0) is 11.2 Å². The van der Waals surface area contributed by atoms with Crippen molar-refractivity contribution in [2.24, 2.45) is 0 Å². The lowest BCUT2D eigenvalue weighted by Crippen LogP contribution is -2.44. The first-order valence-electron chi connectivity index (χ1n) is 7.95. The Bertz CT molecular complexity index is 888. The minimum absolute atomic E-state index is 0.221. The van der Waals surface area contributed by atoms with Crippen LogP contribution in [0.1, 0.15) is 5.56 Å². The van der Waals surface area contributed by atoms with Crippen molar-refractivity contribution >= 4 is 28.5 Å². The maximum atomic E-state index is 12.3. The number of anilines is 1. The van der Waals surface area contributed by atoms with Crippen LogP contribution in [0.25, 0.3) is 10.8 Å². The van der Waals surface area contributed by atoms with Crippen molar-refractivity contribution in [2.75, 3.05) is 5.32 Å². The molecule has 25 heavy (non-hydrogen) atoms. The summed E-state index contributed by atoms with van der Waals surface area (Å²) in [5.74, 6) is -1.07. The minimum Gasteiger partial charge on any atom is -0.480 e. The molecular formula is C20H18N2O3. The first-order valence-corrected chi connectivity index (χ1v) is 7.95. The summed E-state index contributed by atoms with van der Waals surface area (Å²) in [6, 6.07) is 20.9. The Morgan fingerprint density at radius 2 is 1.56 bits per heavy atom. The molecule has 0 aliphatic rings. The Kier molecular flexibility index (Phi) is 4.95. The van der Waals surface area contributed by atoms with Crippen LogP contribution in [0, 0.1) is 0 Å². The topological polar surface area (TPSA) is 78.4 Å². The molecular weight excluding hydrogens is 316 g/mol. The molecule has 3 rings (SSSR count). The lowest BCUT2D eigenvalue weighted by atomic mass is 10.1. The number of aliphatic carboxylic acids is 1. The van der Waals surface area contributed by atoms with Gasteiger partial charge in [-0.05, 0) is 17.0 Å². The molecule has 3 N–H and O–H groups in total. The van der Waals surface area contributed by atoms with Gasteiger partial charge in [0.15, 0.2) is 0 Å². The first kappa shape index (κ1) is 16.5. The number of fused-ring (bicyclic) bond motifs is 1. The molecule has 0 saturated carbocycles. The van der Waals surface area contributed by atoms with Crippen molar-refractivity contribution in [3.05, 3.63) is 78.4 Å². The summed E-state index contributed by atoms with van der Waals surface area (Å²) in [6.45, 7) is 0. The van der Waals surface area contributed by atoms with Crippen LogP contribution in [0.4, 0.5) is 10.5 Å². The third kappa shape index (κ3) is 4.14. The second kappa shape index (κ2) is 7.49. The second-order valence-electron chi connectivity index (χ2n) is 5.71. The predicted molar refractivity (Wildman–Crippen MR) is 97.7 cm³/mol. The maximum Gasteiger partial charge on any atom is 0.326 e. The van der Waals surface area contributed by atoms with Crippen LogP contribution in [0.2, 0.25) is 0 Å². The van der Waals surface area contributed by atoms with E-state index in [9.17, 15) is 14.7 Å². The van der Waals surface area contributed by atoms with Gasteiger partial charge in [-0.1, -0.05) is 66.7 Å². The molecule has 0 saturated heterocycles. The van der Waals surface area contributed by atoms with Gasteiger partial charge in [0.25, 0.3) is 0 Å². The molecule has 0 bridgehead atoms. The summed E-state index contributed by atoms with van der Waals surface area (Å²) >= 11 is 0. The Hall–Kier alpha value is -3.34. The molecule has 1 atom stereocenters. The summed E-state index contributed by atoms with van der Waals surface area (Å²) in [7, 11) is 0. The Morgan fingerprint density at radius 3 is 2.32 bits per heavy atom. The number of benzene rings is 3. The number of hydrogen-bond donors (Lipinski definition) is 3. The highest BCUT2D eigenvalue weighted by Gasteiger charge is 2.20. The predicted octanol–water partition coefficient (Wildman–Crippen LogP) is 3.66. The standard InChI is InChI=1S/C20H18N2O3/c23-19(24)18(13-14-7-2-1-3-8-14)22-20(25)21-17-12-6-10-15-9-4-5-11-16(15)17/h1-12,18H,13H2,(H,23,24)(H2,21,22,25)/t18-/m1/s1. The molecule has 0 radical (unpaired) electrons. The summed E-state index contributed by atoms with van der Waals surface area (Å²) in [4.78, 5) is 23.7. The van der Waals surface area contributed by atoms with Gasteiger partial charge in [-0.3, -0.25) is 0 Å². The molecule has 0 heterocycles. The molecule has 0 aromatic heterocycles. The highest BCUT2D eigenvalue weighted by Crippen LogP contribution is 2.22. The van der Waals surface area contributed by atoms with Gasteiger partial charge in [0.05, 0.1) is 5.69 Å². The van der Waals surface area contributed by atoms with Gasteiger partial charge in [-0.25, -0.2) is 9.59 Å². The summed E-state index contributed by atoms with van der Waals surface area (Å²) < 4.78 is 0. The van der Waals surface area contributed by atoms with E-state index in [2.05, 4.69) is 10.6 Å². The Balaban J connectivity index is 1.72. The van der Waals surface area contributed by atoms with E-state index >= 15 is 0 Å². The zero-order valence-electron chi connectivity index (χ0n) is 13.5. The minimum atomic E-state index is -1.07. The molecule has 5 heteroatoms. The van der Waals surface area contributed by atoms with Gasteiger partial charge >= 0.3 is 12.0 Å². The number of hydrogen-bond acceptors (Lipinski definition) is 2. The van der Waals surface area contributed by atoms with E-state index in [1.54, 1.807) is 6.07 Å². The Morgan fingerprint density at radius 1 is 0.880 bits per heavy atom. The molecule has 0 fully saturated rings. The number of rotatable bonds is 5. The van der Waals surface area contributed by atoms with E-state index in [0.717, 1.165) is 16.3 Å². The van der Waals surface area contributed by atoms with Crippen molar-refractivity contribution in [3.8, 4) is 0 Å². The van der Waals surface area contributed by atoms with Crippen molar-refractivity contribution < 1.29 is 14.7 Å². The molecule has 3 aromatic carbocycles. The number of carbonyl (C=O) groups is 2. The van der Waals surface area contributed by atoms with Crippen LogP contribution in [0.15, 0.2) is 72.8 Å². The SMILES string of the molecule is O=C(Nc1cccc2ccccc12)N[C@H](Cc1ccccc1)C(=O)O. The maximum absolute atomic E-state index is 12.3. The molecule has 0 aliphatic heterocycles. The van der Waals surface area contributed by atoms with Gasteiger partial charge in [-0.2, -0.15) is 0 Å². The van der Waals surface area contributed by atoms with Crippen LogP contribution in [0.3, 0.4) is 0 Å². The summed E-state index contributed by atoms with van der Waals surface area (Å²) in [5.41, 5.74) is 1.49. The van der Waals surface area contributed by atoms with E-state index in [4.69, 9.17) is 0 Å². The third-order valence-electron chi connectivity index (χ3n) is 3.92. The van der Waals surface area contributed by atoms with Gasteiger partial charge in [-0.15, -0.1) is 0 Å². The number of carbonyl (C=O) groups excluding carboxylic acids is 1. The largest absolute Gasteiger partial charge is 0.480 e. The quantitative estimate of drug-likeness (QED) is 0.666. The molecule has 5 nitrogen and oxygen atoms in total. The fourth-order valence-electron chi connectivity index (χ4n) is 2.70. The first-order chi connectivity index (χ1) is 12.1. The van der Waals surface area contributed by atoms with Crippen LogP contribution >= 0.6 is 0 Å². The average molecular weight is 334 g/mol. The lowest BCUT2D eigenvalue weighted by molar-refractivity contribution is -0.139. The smallest absolute Gasteiger partial charge is 0.326 e. The number of amides is 2. The van der Waals surface area contributed by atoms with E-state index in [1.165, 1.54) is 0 Å². The molecule has 0 spiro atoms. The van der Waals surface area contributed by atoms with Crippen molar-refractivity contribution in [1.29, 1.82) is 0 Å². The van der Waals surface area contributed by atoms with E-state index in [-0.39, 0.29) is 6.42 Å². The molecule has 2 amide bonds. The molecule has 0 aliphatic carbocycles. The number of nitrogens with one attached hydrogen (secondary N) is 2. The number of carboxylic acid groups (broad SMARTS) is 1. The monoisotopic (exact) mass is 334 g/mol. The molecule has 126 valence electrons. The fourth-order valence-corrected chi connectivity index (χ4v) is 2.70. The van der Waals surface area contributed by atoms with Gasteiger partial charge in [0, 0.05) is 11.8 Å². The second-order valence-corrected chi connectivity index (χ2v) is 5.71. The van der Waals surface area contributed by atoms with Crippen LogP contribution < -0.4 is 10.6 Å². The van der Waals surface area contributed by atoms with Gasteiger partial charge in [0.2, 0.25) is 0 Å². The highest BCUT2D eigenvalue weighted by atomic mass is 16.4. The van der Waals surface area contributed by atoms with Crippen molar-refractivity contribution in [2.45, 2.75) is 12.5 Å². The number of carboxylic acids is 1. The molecule has 3 aromatic rings. The van der Waals surface area contributed by atoms with Crippen LogP contribution in [-0.4, -0.2) is 23.1 Å². The van der Waals surface area contributed by atoms with Crippen molar-refractivity contribution in [1.82, 2.24) is 5.32 Å². The number of urea groups is 1. The van der Waals surface area contributed by atoms with Crippen molar-refractivity contribution in [3.63, 3.8) is 0 Å². The lowest BCUT2D eigenvalue weighted by Gasteiger charge is -2.16. The third-order valence-corrected chi connectivity index (χ3v) is 3.92. The molecule has 0 unspecified atom stereocenters. The normalized spacial score (nSPS) is 11.7. The van der Waals surface area contributed by atoms with Crippen LogP contribution in [0.5, 0.6) is 0 Å². The highest BCUT2D eigenvalue weighted by molar-refractivity contribution is 6.02. The summed E-state index contributed by atoms with van der Waals surface area (Å²) in [5, 5.41) is 16.5.